The fraction of sp³-hybridized carbons (Fsp3) is 0.588. The number of hydrogen-bond donors (Lipinski definition) is 0. The summed E-state index contributed by atoms with van der Waals surface area (Å²) < 4.78 is 23.0. The topological polar surface area (TPSA) is 54.5 Å². The molecular formula is C17H25NO3S. The smallest absolute Gasteiger partial charge is 0.254 e. The first-order valence-corrected chi connectivity index (χ1v) is 9.44. The van der Waals surface area contributed by atoms with Crippen molar-refractivity contribution in [3.63, 3.8) is 0 Å². The zero-order chi connectivity index (χ0) is 16.8. The van der Waals surface area contributed by atoms with E-state index in [0.29, 0.717) is 12.1 Å². The largest absolute Gasteiger partial charge is 0.333 e. The predicted octanol–water partition coefficient (Wildman–Crippen LogP) is 3.13. The summed E-state index contributed by atoms with van der Waals surface area (Å²) in [5, 5.41) is 0. The number of amides is 1. The molecule has 5 heteroatoms. The van der Waals surface area contributed by atoms with Gasteiger partial charge in [-0.15, -0.1) is 0 Å². The number of hydrogen-bond acceptors (Lipinski definition) is 3. The van der Waals surface area contributed by atoms with E-state index in [1.807, 2.05) is 4.90 Å². The Bertz CT molecular complexity index is 672. The number of likely N-dealkylation sites (tertiary alicyclic amines) is 1. The molecular weight excluding hydrogens is 298 g/mol. The first kappa shape index (κ1) is 17.0. The lowest BCUT2D eigenvalue weighted by Crippen LogP contribution is -2.55. The van der Waals surface area contributed by atoms with Crippen LogP contribution in [-0.2, 0) is 9.84 Å². The maximum atomic E-state index is 12.8. The molecule has 0 radical (unpaired) electrons. The van der Waals surface area contributed by atoms with Gasteiger partial charge in [-0.2, -0.15) is 0 Å². The first-order valence-electron chi connectivity index (χ1n) is 7.55. The minimum atomic E-state index is -3.24. The Balaban J connectivity index is 2.30. The first-order chi connectivity index (χ1) is 9.92. The molecule has 1 aromatic rings. The van der Waals surface area contributed by atoms with Crippen LogP contribution in [-0.4, -0.2) is 37.6 Å². The van der Waals surface area contributed by atoms with E-state index < -0.39 is 9.84 Å². The third-order valence-electron chi connectivity index (χ3n) is 4.50. The van der Waals surface area contributed by atoms with E-state index in [1.54, 1.807) is 12.1 Å². The number of piperidine rings is 1. The standard InChI is InChI=1S/C17H25NO3S/c1-16(2)10-11-17(3,4)18(12-16)15(19)13-6-8-14(9-7-13)22(5,20)21/h6-9H,10-12H2,1-5H3. The molecule has 1 fully saturated rings. The summed E-state index contributed by atoms with van der Waals surface area (Å²) in [6.45, 7) is 9.24. The van der Waals surface area contributed by atoms with Crippen molar-refractivity contribution in [2.75, 3.05) is 12.8 Å². The second kappa shape index (κ2) is 5.37. The van der Waals surface area contributed by atoms with Gasteiger partial charge in [-0.05, 0) is 56.4 Å². The number of carbonyl (C=O) groups excluding carboxylic acids is 1. The highest BCUT2D eigenvalue weighted by atomic mass is 32.2. The van der Waals surface area contributed by atoms with Gasteiger partial charge in [0.05, 0.1) is 4.90 Å². The Morgan fingerprint density at radius 3 is 2.09 bits per heavy atom. The van der Waals surface area contributed by atoms with Crippen LogP contribution in [0.15, 0.2) is 29.2 Å². The predicted molar refractivity (Wildman–Crippen MR) is 87.7 cm³/mol. The highest BCUT2D eigenvalue weighted by Gasteiger charge is 2.40. The van der Waals surface area contributed by atoms with Crippen molar-refractivity contribution < 1.29 is 13.2 Å². The monoisotopic (exact) mass is 323 g/mol. The normalized spacial score (nSPS) is 20.7. The SMILES string of the molecule is CC1(C)CCC(C)(C)N(C(=O)c2ccc(S(C)(=O)=O)cc2)C1. The van der Waals surface area contributed by atoms with Crippen molar-refractivity contribution in [2.24, 2.45) is 5.41 Å². The maximum absolute atomic E-state index is 12.8. The molecule has 1 aliphatic heterocycles. The molecule has 0 unspecified atom stereocenters. The van der Waals surface area contributed by atoms with Crippen LogP contribution in [0.4, 0.5) is 0 Å². The summed E-state index contributed by atoms with van der Waals surface area (Å²) in [5.74, 6) is -0.0298. The quantitative estimate of drug-likeness (QED) is 0.840. The van der Waals surface area contributed by atoms with Gasteiger partial charge in [-0.25, -0.2) is 8.42 Å². The summed E-state index contributed by atoms with van der Waals surface area (Å²) in [6, 6.07) is 6.22. The highest BCUT2D eigenvalue weighted by molar-refractivity contribution is 7.90. The Morgan fingerprint density at radius 1 is 1.05 bits per heavy atom. The molecule has 1 heterocycles. The second-order valence-corrected chi connectivity index (χ2v) is 9.68. The summed E-state index contributed by atoms with van der Waals surface area (Å²) >= 11 is 0. The lowest BCUT2D eigenvalue weighted by Gasteiger charge is -2.49. The van der Waals surface area contributed by atoms with Gasteiger partial charge in [-0.3, -0.25) is 4.79 Å². The molecule has 0 atom stereocenters. The molecule has 1 aromatic carbocycles. The molecule has 0 aliphatic carbocycles. The van der Waals surface area contributed by atoms with Crippen LogP contribution < -0.4 is 0 Å². The number of rotatable bonds is 2. The van der Waals surface area contributed by atoms with Crippen molar-refractivity contribution in [2.45, 2.75) is 51.0 Å². The minimum absolute atomic E-state index is 0.0298. The zero-order valence-corrected chi connectivity index (χ0v) is 14.8. The van der Waals surface area contributed by atoms with Crippen molar-refractivity contribution in [1.82, 2.24) is 4.90 Å². The molecule has 1 saturated heterocycles. The van der Waals surface area contributed by atoms with E-state index in [1.165, 1.54) is 18.4 Å². The molecule has 122 valence electrons. The summed E-state index contributed by atoms with van der Waals surface area (Å²) in [6.07, 6.45) is 3.23. The molecule has 22 heavy (non-hydrogen) atoms. The van der Waals surface area contributed by atoms with Crippen molar-refractivity contribution >= 4 is 15.7 Å². The Hall–Kier alpha value is -1.36. The van der Waals surface area contributed by atoms with Gasteiger partial charge < -0.3 is 4.90 Å². The zero-order valence-electron chi connectivity index (χ0n) is 14.0. The number of carbonyl (C=O) groups is 1. The fourth-order valence-corrected chi connectivity index (χ4v) is 3.48. The molecule has 0 saturated carbocycles. The fourth-order valence-electron chi connectivity index (χ4n) is 2.85. The van der Waals surface area contributed by atoms with Gasteiger partial charge >= 0.3 is 0 Å². The van der Waals surface area contributed by atoms with Crippen LogP contribution in [0, 0.1) is 5.41 Å². The van der Waals surface area contributed by atoms with E-state index in [2.05, 4.69) is 27.7 Å². The molecule has 0 spiro atoms. The Morgan fingerprint density at radius 2 is 1.59 bits per heavy atom. The second-order valence-electron chi connectivity index (χ2n) is 7.66. The number of benzene rings is 1. The summed E-state index contributed by atoms with van der Waals surface area (Å²) in [4.78, 5) is 15.0. The van der Waals surface area contributed by atoms with Crippen LogP contribution in [0.2, 0.25) is 0 Å². The van der Waals surface area contributed by atoms with E-state index in [4.69, 9.17) is 0 Å². The molecule has 4 nitrogen and oxygen atoms in total. The van der Waals surface area contributed by atoms with Crippen LogP contribution >= 0.6 is 0 Å². The van der Waals surface area contributed by atoms with E-state index in [0.717, 1.165) is 12.8 Å². The molecule has 0 bridgehead atoms. The van der Waals surface area contributed by atoms with E-state index >= 15 is 0 Å². The van der Waals surface area contributed by atoms with Gasteiger partial charge in [0, 0.05) is 23.9 Å². The number of nitrogens with zero attached hydrogens (tertiary/aromatic N) is 1. The van der Waals surface area contributed by atoms with Crippen LogP contribution in [0.25, 0.3) is 0 Å². The van der Waals surface area contributed by atoms with Crippen LogP contribution in [0.1, 0.15) is 50.9 Å². The molecule has 2 rings (SSSR count). The van der Waals surface area contributed by atoms with Crippen LogP contribution in [0.5, 0.6) is 0 Å². The third-order valence-corrected chi connectivity index (χ3v) is 5.63. The minimum Gasteiger partial charge on any atom is -0.333 e. The van der Waals surface area contributed by atoms with Crippen molar-refractivity contribution in [1.29, 1.82) is 0 Å². The average molecular weight is 323 g/mol. The van der Waals surface area contributed by atoms with E-state index in [-0.39, 0.29) is 21.8 Å². The average Bonchev–Trinajstić information content (AvgIpc) is 2.40. The summed E-state index contributed by atoms with van der Waals surface area (Å²) in [5.41, 5.74) is 0.471. The lowest BCUT2D eigenvalue weighted by atomic mass is 9.76. The van der Waals surface area contributed by atoms with Gasteiger partial charge in [0.25, 0.3) is 5.91 Å². The Labute approximate surface area is 133 Å². The Kier molecular flexibility index (Phi) is 4.15. The van der Waals surface area contributed by atoms with Crippen molar-refractivity contribution in [3.05, 3.63) is 29.8 Å². The molecule has 1 amide bonds. The van der Waals surface area contributed by atoms with Gasteiger partial charge in [0.15, 0.2) is 9.84 Å². The van der Waals surface area contributed by atoms with Gasteiger partial charge in [0.2, 0.25) is 0 Å². The number of sulfone groups is 1. The molecule has 0 N–H and O–H groups in total. The van der Waals surface area contributed by atoms with Gasteiger partial charge in [-0.1, -0.05) is 13.8 Å². The lowest BCUT2D eigenvalue weighted by molar-refractivity contribution is 0.0125. The van der Waals surface area contributed by atoms with Gasteiger partial charge in [0.1, 0.15) is 0 Å². The van der Waals surface area contributed by atoms with Crippen molar-refractivity contribution in [3.8, 4) is 0 Å². The maximum Gasteiger partial charge on any atom is 0.254 e. The third kappa shape index (κ3) is 3.51. The molecule has 1 aliphatic rings. The summed E-state index contributed by atoms with van der Waals surface area (Å²) in [7, 11) is -3.24. The van der Waals surface area contributed by atoms with E-state index in [9.17, 15) is 13.2 Å². The molecule has 0 aromatic heterocycles. The van der Waals surface area contributed by atoms with Crippen LogP contribution in [0.3, 0.4) is 0 Å². The highest BCUT2D eigenvalue weighted by Crippen LogP contribution is 2.38.